The van der Waals surface area contributed by atoms with Crippen molar-refractivity contribution in [1.82, 2.24) is 0 Å². The minimum absolute atomic E-state index is 0.138. The van der Waals surface area contributed by atoms with Gasteiger partial charge in [0.15, 0.2) is 0 Å². The van der Waals surface area contributed by atoms with Crippen molar-refractivity contribution < 1.29 is 19.1 Å². The van der Waals surface area contributed by atoms with E-state index in [0.29, 0.717) is 19.8 Å². The summed E-state index contributed by atoms with van der Waals surface area (Å²) in [5.41, 5.74) is -0.658. The zero-order chi connectivity index (χ0) is 17.2. The highest BCUT2D eigenvalue weighted by atomic mass is 16.5. The zero-order valence-electron chi connectivity index (χ0n) is 15.3. The number of esters is 1. The number of hydrogen-bond acceptors (Lipinski definition) is 4. The van der Waals surface area contributed by atoms with Crippen molar-refractivity contribution in [3.63, 3.8) is 0 Å². The summed E-state index contributed by atoms with van der Waals surface area (Å²) in [5.74, 6) is 0.107. The van der Waals surface area contributed by atoms with E-state index in [1.807, 2.05) is 34.6 Å². The van der Waals surface area contributed by atoms with Crippen LogP contribution in [0.5, 0.6) is 0 Å². The molecule has 0 aliphatic heterocycles. The van der Waals surface area contributed by atoms with Gasteiger partial charge in [-0.15, -0.1) is 0 Å². The number of carbonyl (C=O) groups is 2. The quantitative estimate of drug-likeness (QED) is 0.401. The first-order valence-electron chi connectivity index (χ1n) is 8.39. The van der Waals surface area contributed by atoms with Crippen LogP contribution in [-0.4, -0.2) is 31.6 Å². The fourth-order valence-corrected chi connectivity index (χ4v) is 2.09. The third-order valence-corrected chi connectivity index (χ3v) is 4.21. The van der Waals surface area contributed by atoms with Gasteiger partial charge in [0.2, 0.25) is 0 Å². The van der Waals surface area contributed by atoms with E-state index >= 15 is 0 Å². The van der Waals surface area contributed by atoms with Gasteiger partial charge in [0.25, 0.3) is 0 Å². The number of Topliss-reactive ketones (excluding diaryl/α,β-unsaturated/α-hetero) is 1. The third kappa shape index (κ3) is 8.52. The van der Waals surface area contributed by atoms with Crippen molar-refractivity contribution in [1.29, 1.82) is 0 Å². The standard InChI is InChI=1S/C18H34O4/c1-7-22-16(20)18(5,6)12-10-14-21-13-9-8-11-17(3,4)15(2)19/h7-14H2,1-6H3. The predicted molar refractivity (Wildman–Crippen MR) is 88.8 cm³/mol. The first-order valence-corrected chi connectivity index (χ1v) is 8.39. The Morgan fingerprint density at radius 2 is 1.41 bits per heavy atom. The molecule has 0 atom stereocenters. The summed E-state index contributed by atoms with van der Waals surface area (Å²) in [6.45, 7) is 13.1. The van der Waals surface area contributed by atoms with E-state index in [-0.39, 0.29) is 17.2 Å². The van der Waals surface area contributed by atoms with Gasteiger partial charge < -0.3 is 9.47 Å². The second-order valence-corrected chi connectivity index (χ2v) is 7.22. The second-order valence-electron chi connectivity index (χ2n) is 7.22. The molecule has 0 N–H and O–H groups in total. The summed E-state index contributed by atoms with van der Waals surface area (Å²) < 4.78 is 10.7. The van der Waals surface area contributed by atoms with E-state index in [9.17, 15) is 9.59 Å². The third-order valence-electron chi connectivity index (χ3n) is 4.21. The number of hydrogen-bond donors (Lipinski definition) is 0. The molecule has 4 heteroatoms. The predicted octanol–water partition coefficient (Wildman–Crippen LogP) is 4.16. The molecule has 130 valence electrons. The first kappa shape index (κ1) is 21.1. The molecule has 0 saturated carbocycles. The normalized spacial score (nSPS) is 12.3. The van der Waals surface area contributed by atoms with Gasteiger partial charge in [0.1, 0.15) is 5.78 Å². The Morgan fingerprint density at radius 3 is 1.95 bits per heavy atom. The highest BCUT2D eigenvalue weighted by molar-refractivity contribution is 5.81. The molecule has 0 heterocycles. The number of unbranched alkanes of at least 4 members (excludes halogenated alkanes) is 1. The minimum atomic E-state index is -0.440. The van der Waals surface area contributed by atoms with Gasteiger partial charge in [-0.25, -0.2) is 0 Å². The molecular weight excluding hydrogens is 280 g/mol. The van der Waals surface area contributed by atoms with Crippen LogP contribution in [0.3, 0.4) is 0 Å². The minimum Gasteiger partial charge on any atom is -0.466 e. The van der Waals surface area contributed by atoms with E-state index in [2.05, 4.69) is 0 Å². The Morgan fingerprint density at radius 1 is 0.864 bits per heavy atom. The van der Waals surface area contributed by atoms with Gasteiger partial charge in [-0.3, -0.25) is 9.59 Å². The molecule has 0 rings (SSSR count). The molecule has 0 aliphatic rings. The molecule has 22 heavy (non-hydrogen) atoms. The van der Waals surface area contributed by atoms with E-state index in [1.165, 1.54) is 0 Å². The number of rotatable bonds is 12. The van der Waals surface area contributed by atoms with Crippen molar-refractivity contribution in [3.8, 4) is 0 Å². The van der Waals surface area contributed by atoms with Crippen molar-refractivity contribution >= 4 is 11.8 Å². The molecule has 0 amide bonds. The van der Waals surface area contributed by atoms with E-state index < -0.39 is 5.41 Å². The van der Waals surface area contributed by atoms with Crippen LogP contribution in [0, 0.1) is 10.8 Å². The Balaban J connectivity index is 3.67. The summed E-state index contributed by atoms with van der Waals surface area (Å²) >= 11 is 0. The topological polar surface area (TPSA) is 52.6 Å². The lowest BCUT2D eigenvalue weighted by Crippen LogP contribution is -2.27. The van der Waals surface area contributed by atoms with Crippen LogP contribution in [0.2, 0.25) is 0 Å². The SMILES string of the molecule is CCOC(=O)C(C)(C)CCCOCCCCC(C)(C)C(C)=O. The van der Waals surface area contributed by atoms with Gasteiger partial charge in [-0.2, -0.15) is 0 Å². The van der Waals surface area contributed by atoms with Gasteiger partial charge >= 0.3 is 5.97 Å². The van der Waals surface area contributed by atoms with Crippen molar-refractivity contribution in [2.45, 2.75) is 73.6 Å². The maximum atomic E-state index is 11.7. The lowest BCUT2D eigenvalue weighted by Gasteiger charge is -2.22. The van der Waals surface area contributed by atoms with Crippen LogP contribution in [0.4, 0.5) is 0 Å². The van der Waals surface area contributed by atoms with Crippen LogP contribution in [0.25, 0.3) is 0 Å². The number of carbonyl (C=O) groups excluding carboxylic acids is 2. The number of ketones is 1. The lowest BCUT2D eigenvalue weighted by atomic mass is 9.84. The fraction of sp³-hybridized carbons (Fsp3) is 0.889. The average Bonchev–Trinajstić information content (AvgIpc) is 2.41. The second kappa shape index (κ2) is 9.98. The van der Waals surface area contributed by atoms with Crippen molar-refractivity contribution in [3.05, 3.63) is 0 Å². The van der Waals surface area contributed by atoms with E-state index in [4.69, 9.17) is 9.47 Å². The van der Waals surface area contributed by atoms with Crippen LogP contribution < -0.4 is 0 Å². The molecule has 0 radical (unpaired) electrons. The monoisotopic (exact) mass is 314 g/mol. The summed E-state index contributed by atoms with van der Waals surface area (Å²) in [7, 11) is 0. The highest BCUT2D eigenvalue weighted by Gasteiger charge is 2.28. The first-order chi connectivity index (χ1) is 10.1. The molecular formula is C18H34O4. The molecule has 0 aromatic heterocycles. The average molecular weight is 314 g/mol. The molecule has 0 unspecified atom stereocenters. The Kier molecular flexibility index (Phi) is 9.58. The van der Waals surface area contributed by atoms with Gasteiger partial charge in [0.05, 0.1) is 12.0 Å². The van der Waals surface area contributed by atoms with Crippen LogP contribution >= 0.6 is 0 Å². The molecule has 4 nitrogen and oxygen atoms in total. The Bertz CT molecular complexity index is 345. The van der Waals surface area contributed by atoms with E-state index in [0.717, 1.165) is 32.1 Å². The largest absolute Gasteiger partial charge is 0.466 e. The van der Waals surface area contributed by atoms with E-state index in [1.54, 1.807) is 6.92 Å². The molecule has 0 saturated heterocycles. The van der Waals surface area contributed by atoms with Crippen LogP contribution in [-0.2, 0) is 19.1 Å². The summed E-state index contributed by atoms with van der Waals surface area (Å²) in [6, 6.07) is 0. The van der Waals surface area contributed by atoms with Crippen LogP contribution in [0.1, 0.15) is 73.6 Å². The molecule has 0 aromatic rings. The molecule has 0 aliphatic carbocycles. The smallest absolute Gasteiger partial charge is 0.311 e. The lowest BCUT2D eigenvalue weighted by molar-refractivity contribution is -0.154. The zero-order valence-corrected chi connectivity index (χ0v) is 15.3. The van der Waals surface area contributed by atoms with Gasteiger partial charge in [0, 0.05) is 18.6 Å². The van der Waals surface area contributed by atoms with Crippen LogP contribution in [0.15, 0.2) is 0 Å². The fourth-order valence-electron chi connectivity index (χ4n) is 2.09. The van der Waals surface area contributed by atoms with Gasteiger partial charge in [-0.05, 0) is 53.4 Å². The maximum Gasteiger partial charge on any atom is 0.311 e. The molecule has 0 aromatic carbocycles. The molecule has 0 bridgehead atoms. The highest BCUT2D eigenvalue weighted by Crippen LogP contribution is 2.25. The van der Waals surface area contributed by atoms with Crippen molar-refractivity contribution in [2.24, 2.45) is 10.8 Å². The number of ether oxygens (including phenoxy) is 2. The Labute approximate surface area is 135 Å². The summed E-state index contributed by atoms with van der Waals surface area (Å²) in [4.78, 5) is 23.1. The Hall–Kier alpha value is -0.900. The molecule has 0 spiro atoms. The van der Waals surface area contributed by atoms with Crippen molar-refractivity contribution in [2.75, 3.05) is 19.8 Å². The summed E-state index contributed by atoms with van der Waals surface area (Å²) in [5, 5.41) is 0. The maximum absolute atomic E-state index is 11.7. The van der Waals surface area contributed by atoms with Gasteiger partial charge in [-0.1, -0.05) is 20.3 Å². The summed E-state index contributed by atoms with van der Waals surface area (Å²) in [6.07, 6.45) is 4.49. The molecule has 0 fully saturated rings.